The van der Waals surface area contributed by atoms with Crippen LogP contribution in [0.3, 0.4) is 0 Å². The summed E-state index contributed by atoms with van der Waals surface area (Å²) in [5.74, 6) is 0. The molecule has 0 saturated carbocycles. The van der Waals surface area contributed by atoms with Gasteiger partial charge in [0.2, 0.25) is 0 Å². The summed E-state index contributed by atoms with van der Waals surface area (Å²) in [6.45, 7) is 4.45. The van der Waals surface area contributed by atoms with Gasteiger partial charge in [-0.15, -0.1) is 6.58 Å². The highest BCUT2D eigenvalue weighted by Crippen LogP contribution is 2.11. The van der Waals surface area contributed by atoms with Gasteiger partial charge in [0.25, 0.3) is 0 Å². The highest BCUT2D eigenvalue weighted by molar-refractivity contribution is 5.78. The lowest BCUT2D eigenvalue weighted by molar-refractivity contribution is 0.729. The zero-order valence-electron chi connectivity index (χ0n) is 6.77. The second-order valence-electron chi connectivity index (χ2n) is 2.67. The number of benzene rings is 1. The SMILES string of the molecule is C=CCn1ncc2ccccc21. The van der Waals surface area contributed by atoms with E-state index in [1.807, 2.05) is 29.1 Å². The van der Waals surface area contributed by atoms with E-state index < -0.39 is 0 Å². The van der Waals surface area contributed by atoms with E-state index in [0.29, 0.717) is 0 Å². The van der Waals surface area contributed by atoms with Crippen LogP contribution in [0.25, 0.3) is 10.9 Å². The van der Waals surface area contributed by atoms with Crippen molar-refractivity contribution in [1.82, 2.24) is 9.78 Å². The average Bonchev–Trinajstić information content (AvgIpc) is 2.50. The van der Waals surface area contributed by atoms with Gasteiger partial charge in [-0.2, -0.15) is 5.10 Å². The smallest absolute Gasteiger partial charge is 0.0686 e. The molecule has 1 aromatic heterocycles. The van der Waals surface area contributed by atoms with Crippen molar-refractivity contribution < 1.29 is 0 Å². The Morgan fingerprint density at radius 2 is 2.25 bits per heavy atom. The Kier molecular flexibility index (Phi) is 1.67. The Bertz CT molecular complexity index is 401. The Hall–Kier alpha value is -1.57. The van der Waals surface area contributed by atoms with Crippen LogP contribution >= 0.6 is 0 Å². The van der Waals surface area contributed by atoms with Crippen molar-refractivity contribution in [3.05, 3.63) is 43.1 Å². The molecule has 0 aliphatic heterocycles. The summed E-state index contributed by atoms with van der Waals surface area (Å²) in [7, 11) is 0. The average molecular weight is 158 g/mol. The van der Waals surface area contributed by atoms with E-state index in [-0.39, 0.29) is 0 Å². The molecular weight excluding hydrogens is 148 g/mol. The summed E-state index contributed by atoms with van der Waals surface area (Å²) in [6.07, 6.45) is 3.72. The van der Waals surface area contributed by atoms with Crippen molar-refractivity contribution >= 4 is 10.9 Å². The van der Waals surface area contributed by atoms with Gasteiger partial charge in [-0.25, -0.2) is 0 Å². The van der Waals surface area contributed by atoms with E-state index in [1.165, 1.54) is 5.39 Å². The van der Waals surface area contributed by atoms with Crippen molar-refractivity contribution in [3.8, 4) is 0 Å². The van der Waals surface area contributed by atoms with Crippen LogP contribution in [-0.2, 0) is 6.54 Å². The van der Waals surface area contributed by atoms with E-state index in [1.54, 1.807) is 0 Å². The standard InChI is InChI=1S/C10H10N2/c1-2-7-12-10-6-4-3-5-9(10)8-11-12/h2-6,8H,1,7H2. The van der Waals surface area contributed by atoms with Crippen LogP contribution in [0.5, 0.6) is 0 Å². The molecule has 0 unspecified atom stereocenters. The van der Waals surface area contributed by atoms with E-state index in [0.717, 1.165) is 12.1 Å². The number of rotatable bonds is 2. The van der Waals surface area contributed by atoms with Crippen LogP contribution in [0.15, 0.2) is 43.1 Å². The minimum Gasteiger partial charge on any atom is -0.261 e. The maximum absolute atomic E-state index is 4.23. The van der Waals surface area contributed by atoms with Crippen molar-refractivity contribution in [1.29, 1.82) is 0 Å². The number of hydrogen-bond acceptors (Lipinski definition) is 1. The predicted octanol–water partition coefficient (Wildman–Crippen LogP) is 2.22. The molecule has 2 aromatic rings. The third kappa shape index (κ3) is 1.01. The normalized spacial score (nSPS) is 10.3. The Labute approximate surface area is 71.1 Å². The second kappa shape index (κ2) is 2.81. The summed E-state index contributed by atoms with van der Waals surface area (Å²) in [4.78, 5) is 0. The van der Waals surface area contributed by atoms with Crippen molar-refractivity contribution in [2.24, 2.45) is 0 Å². The summed E-state index contributed by atoms with van der Waals surface area (Å²) < 4.78 is 1.93. The Morgan fingerprint density at radius 1 is 1.42 bits per heavy atom. The van der Waals surface area contributed by atoms with E-state index in [2.05, 4.69) is 23.8 Å². The second-order valence-corrected chi connectivity index (χ2v) is 2.67. The first-order valence-electron chi connectivity index (χ1n) is 3.93. The number of aromatic nitrogens is 2. The lowest BCUT2D eigenvalue weighted by atomic mass is 10.3. The van der Waals surface area contributed by atoms with Gasteiger partial charge < -0.3 is 0 Å². The summed E-state index contributed by atoms with van der Waals surface area (Å²) in [5.41, 5.74) is 1.16. The summed E-state index contributed by atoms with van der Waals surface area (Å²) in [5, 5.41) is 5.41. The number of allylic oxidation sites excluding steroid dienone is 1. The van der Waals surface area contributed by atoms with Crippen LogP contribution in [0, 0.1) is 0 Å². The number of para-hydroxylation sites is 1. The molecule has 1 aromatic carbocycles. The zero-order valence-corrected chi connectivity index (χ0v) is 6.77. The van der Waals surface area contributed by atoms with Gasteiger partial charge in [0.15, 0.2) is 0 Å². The molecule has 12 heavy (non-hydrogen) atoms. The lowest BCUT2D eigenvalue weighted by Crippen LogP contribution is -1.95. The molecule has 0 radical (unpaired) electrons. The first-order chi connectivity index (χ1) is 5.92. The number of fused-ring (bicyclic) bond motifs is 1. The number of nitrogens with zero attached hydrogens (tertiary/aromatic N) is 2. The molecule has 0 atom stereocenters. The first-order valence-corrected chi connectivity index (χ1v) is 3.93. The molecule has 60 valence electrons. The van der Waals surface area contributed by atoms with Gasteiger partial charge in [-0.05, 0) is 6.07 Å². The topological polar surface area (TPSA) is 17.8 Å². The van der Waals surface area contributed by atoms with Gasteiger partial charge in [-0.1, -0.05) is 24.3 Å². The summed E-state index contributed by atoms with van der Waals surface area (Å²) >= 11 is 0. The number of hydrogen-bond donors (Lipinski definition) is 0. The minimum atomic E-state index is 0.771. The molecule has 0 bridgehead atoms. The molecule has 0 amide bonds. The molecule has 2 nitrogen and oxygen atoms in total. The monoisotopic (exact) mass is 158 g/mol. The van der Waals surface area contributed by atoms with Gasteiger partial charge in [0.05, 0.1) is 18.3 Å². The lowest BCUT2D eigenvalue weighted by Gasteiger charge is -1.96. The molecule has 0 saturated heterocycles. The Balaban J connectivity index is 2.62. The first kappa shape index (κ1) is 7.10. The molecule has 0 spiro atoms. The van der Waals surface area contributed by atoms with Gasteiger partial charge in [-0.3, -0.25) is 4.68 Å². The summed E-state index contributed by atoms with van der Waals surface area (Å²) in [6, 6.07) is 8.15. The van der Waals surface area contributed by atoms with E-state index in [4.69, 9.17) is 0 Å². The van der Waals surface area contributed by atoms with Crippen molar-refractivity contribution in [3.63, 3.8) is 0 Å². The van der Waals surface area contributed by atoms with Crippen LogP contribution in [0.2, 0.25) is 0 Å². The maximum Gasteiger partial charge on any atom is 0.0686 e. The molecule has 0 aliphatic rings. The van der Waals surface area contributed by atoms with Crippen LogP contribution < -0.4 is 0 Å². The zero-order chi connectivity index (χ0) is 8.39. The third-order valence-electron chi connectivity index (χ3n) is 1.85. The van der Waals surface area contributed by atoms with Crippen molar-refractivity contribution in [2.75, 3.05) is 0 Å². The van der Waals surface area contributed by atoms with Gasteiger partial charge in [0.1, 0.15) is 0 Å². The molecule has 0 fully saturated rings. The maximum atomic E-state index is 4.23. The molecule has 0 aliphatic carbocycles. The highest BCUT2D eigenvalue weighted by Gasteiger charge is 1.97. The Morgan fingerprint density at radius 3 is 3.08 bits per heavy atom. The molecule has 2 rings (SSSR count). The third-order valence-corrected chi connectivity index (χ3v) is 1.85. The van der Waals surface area contributed by atoms with Crippen LogP contribution in [0.4, 0.5) is 0 Å². The predicted molar refractivity (Wildman–Crippen MR) is 49.9 cm³/mol. The minimum absolute atomic E-state index is 0.771. The molecule has 2 heteroatoms. The van der Waals surface area contributed by atoms with Crippen LogP contribution in [0.1, 0.15) is 0 Å². The molecule has 0 N–H and O–H groups in total. The van der Waals surface area contributed by atoms with Crippen molar-refractivity contribution in [2.45, 2.75) is 6.54 Å². The fourth-order valence-corrected chi connectivity index (χ4v) is 1.29. The molecule has 1 heterocycles. The van der Waals surface area contributed by atoms with Crippen LogP contribution in [-0.4, -0.2) is 9.78 Å². The fourth-order valence-electron chi connectivity index (χ4n) is 1.29. The van der Waals surface area contributed by atoms with Gasteiger partial charge >= 0.3 is 0 Å². The van der Waals surface area contributed by atoms with E-state index in [9.17, 15) is 0 Å². The van der Waals surface area contributed by atoms with Gasteiger partial charge in [0, 0.05) is 5.39 Å². The fraction of sp³-hybridized carbons (Fsp3) is 0.100. The highest BCUT2D eigenvalue weighted by atomic mass is 15.3. The molecular formula is C10H10N2. The van der Waals surface area contributed by atoms with E-state index >= 15 is 0 Å². The largest absolute Gasteiger partial charge is 0.261 e. The quantitative estimate of drug-likeness (QED) is 0.613.